The number of amides is 1. The topological polar surface area (TPSA) is 92.4 Å². The van der Waals surface area contributed by atoms with E-state index in [2.05, 4.69) is 5.32 Å². The molecular weight excluding hydrogens is 276 g/mol. The van der Waals surface area contributed by atoms with Crippen molar-refractivity contribution in [3.8, 4) is 0 Å². The number of aliphatic carboxylic acids is 1. The summed E-state index contributed by atoms with van der Waals surface area (Å²) < 4.78 is 0. The van der Waals surface area contributed by atoms with Gasteiger partial charge in [0.05, 0.1) is 4.99 Å². The minimum atomic E-state index is -1.05. The van der Waals surface area contributed by atoms with E-state index in [1.807, 2.05) is 6.07 Å². The summed E-state index contributed by atoms with van der Waals surface area (Å²) in [6.45, 7) is 3.48. The summed E-state index contributed by atoms with van der Waals surface area (Å²) in [4.78, 5) is 23.5. The third-order valence-corrected chi connectivity index (χ3v) is 2.93. The van der Waals surface area contributed by atoms with Crippen LogP contribution in [0.3, 0.4) is 0 Å². The zero-order valence-corrected chi connectivity index (χ0v) is 12.2. The standard InChI is InChI=1S/C14H18N2O3S/c1-8(2)12(14(18)19)16-13(17)10-5-3-4-9(6-10)7-11(15)20/h3-6,8,12H,7H2,1-2H3,(H2,15,20)(H,16,17)(H,18,19). The van der Waals surface area contributed by atoms with Crippen LogP contribution in [0.25, 0.3) is 0 Å². The fourth-order valence-corrected chi connectivity index (χ4v) is 1.93. The van der Waals surface area contributed by atoms with Gasteiger partial charge in [0, 0.05) is 12.0 Å². The maximum Gasteiger partial charge on any atom is 0.326 e. The number of carboxylic acids is 1. The van der Waals surface area contributed by atoms with Gasteiger partial charge in [0.2, 0.25) is 0 Å². The number of thiocarbonyl (C=S) groups is 1. The monoisotopic (exact) mass is 294 g/mol. The van der Waals surface area contributed by atoms with Crippen molar-refractivity contribution in [2.45, 2.75) is 26.3 Å². The molecule has 0 aliphatic heterocycles. The second-order valence-electron chi connectivity index (χ2n) is 4.88. The SMILES string of the molecule is CC(C)C(NC(=O)c1cccc(CC(N)=S)c1)C(=O)O. The van der Waals surface area contributed by atoms with Crippen molar-refractivity contribution < 1.29 is 14.7 Å². The molecule has 0 aliphatic carbocycles. The summed E-state index contributed by atoms with van der Waals surface area (Å²) >= 11 is 4.82. The lowest BCUT2D eigenvalue weighted by atomic mass is 10.0. The van der Waals surface area contributed by atoms with E-state index in [4.69, 9.17) is 23.1 Å². The van der Waals surface area contributed by atoms with Crippen molar-refractivity contribution in [3.05, 3.63) is 35.4 Å². The van der Waals surface area contributed by atoms with Crippen LogP contribution in [0.4, 0.5) is 0 Å². The Morgan fingerprint density at radius 1 is 1.40 bits per heavy atom. The number of carboxylic acid groups (broad SMARTS) is 1. The van der Waals surface area contributed by atoms with Crippen LogP contribution in [-0.2, 0) is 11.2 Å². The van der Waals surface area contributed by atoms with Crippen molar-refractivity contribution in [2.24, 2.45) is 11.7 Å². The molecule has 0 radical (unpaired) electrons. The summed E-state index contributed by atoms with van der Waals surface area (Å²) in [6.07, 6.45) is 0.406. The number of carbonyl (C=O) groups excluding carboxylic acids is 1. The number of benzene rings is 1. The molecule has 4 N–H and O–H groups in total. The highest BCUT2D eigenvalue weighted by Crippen LogP contribution is 2.08. The quantitative estimate of drug-likeness (QED) is 0.689. The molecule has 0 heterocycles. The van der Waals surface area contributed by atoms with Crippen LogP contribution in [0.5, 0.6) is 0 Å². The van der Waals surface area contributed by atoms with Gasteiger partial charge >= 0.3 is 5.97 Å². The molecule has 0 bridgehead atoms. The molecule has 6 heteroatoms. The molecular formula is C14H18N2O3S. The molecule has 0 aliphatic rings. The summed E-state index contributed by atoms with van der Waals surface area (Å²) in [6, 6.07) is 5.90. The fourth-order valence-electron chi connectivity index (χ4n) is 1.76. The molecule has 1 atom stereocenters. The Balaban J connectivity index is 2.86. The first kappa shape index (κ1) is 16.1. The predicted molar refractivity (Wildman–Crippen MR) is 80.7 cm³/mol. The third kappa shape index (κ3) is 4.62. The maximum absolute atomic E-state index is 12.1. The molecule has 0 saturated carbocycles. The average Bonchev–Trinajstić information content (AvgIpc) is 2.34. The fraction of sp³-hybridized carbons (Fsp3) is 0.357. The lowest BCUT2D eigenvalue weighted by Gasteiger charge is -2.18. The van der Waals surface area contributed by atoms with Gasteiger partial charge in [-0.05, 0) is 23.6 Å². The predicted octanol–water partition coefficient (Wildman–Crippen LogP) is 1.35. The molecule has 0 saturated heterocycles. The van der Waals surface area contributed by atoms with Gasteiger partial charge in [-0.15, -0.1) is 0 Å². The van der Waals surface area contributed by atoms with Gasteiger partial charge in [-0.3, -0.25) is 4.79 Å². The highest BCUT2D eigenvalue weighted by molar-refractivity contribution is 7.80. The van der Waals surface area contributed by atoms with Gasteiger partial charge in [-0.25, -0.2) is 4.79 Å². The first-order chi connectivity index (χ1) is 9.31. The van der Waals surface area contributed by atoms with E-state index >= 15 is 0 Å². The number of hydrogen-bond donors (Lipinski definition) is 3. The molecule has 5 nitrogen and oxygen atoms in total. The van der Waals surface area contributed by atoms with E-state index in [1.54, 1.807) is 32.0 Å². The Morgan fingerprint density at radius 3 is 2.55 bits per heavy atom. The normalized spacial score (nSPS) is 11.9. The molecule has 0 fully saturated rings. The van der Waals surface area contributed by atoms with E-state index in [0.29, 0.717) is 17.0 Å². The zero-order chi connectivity index (χ0) is 15.3. The lowest BCUT2D eigenvalue weighted by molar-refractivity contribution is -0.140. The Bertz CT molecular complexity index is 529. The van der Waals surface area contributed by atoms with Gasteiger partial charge in [0.25, 0.3) is 5.91 Å². The molecule has 1 unspecified atom stereocenters. The third-order valence-electron chi connectivity index (χ3n) is 2.79. The molecule has 0 aromatic heterocycles. The van der Waals surface area contributed by atoms with Gasteiger partial charge in [0.1, 0.15) is 6.04 Å². The van der Waals surface area contributed by atoms with Crippen molar-refractivity contribution >= 4 is 29.1 Å². The van der Waals surface area contributed by atoms with E-state index < -0.39 is 17.9 Å². The Hall–Kier alpha value is -1.95. The average molecular weight is 294 g/mol. The second-order valence-corrected chi connectivity index (χ2v) is 5.40. The Kier molecular flexibility index (Phi) is 5.64. The highest BCUT2D eigenvalue weighted by Gasteiger charge is 2.23. The van der Waals surface area contributed by atoms with E-state index in [9.17, 15) is 9.59 Å². The van der Waals surface area contributed by atoms with Gasteiger partial charge in [0.15, 0.2) is 0 Å². The molecule has 20 heavy (non-hydrogen) atoms. The first-order valence-corrected chi connectivity index (χ1v) is 6.63. The van der Waals surface area contributed by atoms with E-state index in [0.717, 1.165) is 5.56 Å². The molecule has 108 valence electrons. The molecule has 1 rings (SSSR count). The lowest BCUT2D eigenvalue weighted by Crippen LogP contribution is -2.44. The summed E-state index contributed by atoms with van der Waals surface area (Å²) in [5.74, 6) is -1.67. The number of rotatable bonds is 6. The maximum atomic E-state index is 12.1. The Labute approximate surface area is 123 Å². The van der Waals surface area contributed by atoms with Gasteiger partial charge in [-0.1, -0.05) is 38.2 Å². The molecule has 1 amide bonds. The van der Waals surface area contributed by atoms with Crippen molar-refractivity contribution in [1.82, 2.24) is 5.32 Å². The van der Waals surface area contributed by atoms with Crippen LogP contribution in [0.15, 0.2) is 24.3 Å². The smallest absolute Gasteiger partial charge is 0.326 e. The number of hydrogen-bond acceptors (Lipinski definition) is 3. The van der Waals surface area contributed by atoms with E-state index in [-0.39, 0.29) is 5.92 Å². The number of carbonyl (C=O) groups is 2. The van der Waals surface area contributed by atoms with Crippen molar-refractivity contribution in [2.75, 3.05) is 0 Å². The molecule has 0 spiro atoms. The van der Waals surface area contributed by atoms with Crippen molar-refractivity contribution in [1.29, 1.82) is 0 Å². The number of nitrogens with two attached hydrogens (primary N) is 1. The Morgan fingerprint density at radius 2 is 2.05 bits per heavy atom. The molecule has 1 aromatic rings. The molecule has 1 aromatic carbocycles. The summed E-state index contributed by atoms with van der Waals surface area (Å²) in [5, 5.41) is 11.6. The number of nitrogens with one attached hydrogen (secondary N) is 1. The first-order valence-electron chi connectivity index (χ1n) is 6.22. The van der Waals surface area contributed by atoms with Crippen LogP contribution in [-0.4, -0.2) is 28.0 Å². The van der Waals surface area contributed by atoms with Crippen LogP contribution in [0.2, 0.25) is 0 Å². The van der Waals surface area contributed by atoms with Crippen molar-refractivity contribution in [3.63, 3.8) is 0 Å². The summed E-state index contributed by atoms with van der Waals surface area (Å²) in [7, 11) is 0. The minimum Gasteiger partial charge on any atom is -0.480 e. The van der Waals surface area contributed by atoms with E-state index in [1.165, 1.54) is 0 Å². The minimum absolute atomic E-state index is 0.198. The highest BCUT2D eigenvalue weighted by atomic mass is 32.1. The van der Waals surface area contributed by atoms with Crippen LogP contribution < -0.4 is 11.1 Å². The van der Waals surface area contributed by atoms with Crippen LogP contribution in [0, 0.1) is 5.92 Å². The van der Waals surface area contributed by atoms with Gasteiger partial charge in [-0.2, -0.15) is 0 Å². The van der Waals surface area contributed by atoms with Crippen LogP contribution >= 0.6 is 12.2 Å². The zero-order valence-electron chi connectivity index (χ0n) is 11.4. The largest absolute Gasteiger partial charge is 0.480 e. The van der Waals surface area contributed by atoms with Crippen LogP contribution in [0.1, 0.15) is 29.8 Å². The second kappa shape index (κ2) is 7.00. The van der Waals surface area contributed by atoms with Gasteiger partial charge < -0.3 is 16.2 Å². The summed E-state index contributed by atoms with van der Waals surface area (Å²) in [5.41, 5.74) is 6.68.